The van der Waals surface area contributed by atoms with Crippen LogP contribution in [0.2, 0.25) is 0 Å². The number of hydrogen-bond acceptors (Lipinski definition) is 2. The molecule has 1 rings (SSSR count). The predicted molar refractivity (Wildman–Crippen MR) is 67.5 cm³/mol. The van der Waals surface area contributed by atoms with Gasteiger partial charge in [-0.25, -0.2) is 4.99 Å². The fraction of sp³-hybridized carbons (Fsp3) is 0.917. The topological polar surface area (TPSA) is 50.9 Å². The van der Waals surface area contributed by atoms with E-state index in [1.165, 1.54) is 12.8 Å². The molecule has 0 aromatic rings. The Morgan fingerprint density at radius 1 is 1.44 bits per heavy atom. The molecule has 0 atom stereocenters. The van der Waals surface area contributed by atoms with Crippen LogP contribution in [0.4, 0.5) is 0 Å². The van der Waals surface area contributed by atoms with Crippen LogP contribution in [0.5, 0.6) is 0 Å². The third-order valence-corrected chi connectivity index (χ3v) is 2.46. The fourth-order valence-electron chi connectivity index (χ4n) is 1.28. The van der Waals surface area contributed by atoms with Crippen LogP contribution in [0, 0.1) is 5.92 Å². The third-order valence-electron chi connectivity index (χ3n) is 2.46. The van der Waals surface area contributed by atoms with Crippen molar-refractivity contribution in [3.8, 4) is 0 Å². The van der Waals surface area contributed by atoms with Gasteiger partial charge in [0.05, 0.1) is 12.1 Å². The summed E-state index contributed by atoms with van der Waals surface area (Å²) in [5.41, 5.74) is 5.76. The smallest absolute Gasteiger partial charge is 0.191 e. The van der Waals surface area contributed by atoms with Crippen molar-refractivity contribution in [1.82, 2.24) is 4.90 Å². The molecule has 0 aromatic heterocycles. The van der Waals surface area contributed by atoms with Gasteiger partial charge in [0.25, 0.3) is 0 Å². The van der Waals surface area contributed by atoms with Gasteiger partial charge in [-0.15, -0.1) is 0 Å². The van der Waals surface area contributed by atoms with Crippen molar-refractivity contribution in [1.29, 1.82) is 0 Å². The Balaban J connectivity index is 2.16. The second kappa shape index (κ2) is 5.53. The molecule has 0 amide bonds. The highest BCUT2D eigenvalue weighted by atomic mass is 16.5. The number of guanidine groups is 1. The molecule has 0 unspecified atom stereocenters. The average Bonchev–Trinajstić information content (AvgIpc) is 2.92. The van der Waals surface area contributed by atoms with Crippen LogP contribution in [0.25, 0.3) is 0 Å². The molecule has 4 heteroatoms. The first-order valence-electron chi connectivity index (χ1n) is 6.03. The Bertz CT molecular complexity index is 241. The van der Waals surface area contributed by atoms with Crippen LogP contribution in [0.1, 0.15) is 33.6 Å². The lowest BCUT2D eigenvalue weighted by Gasteiger charge is -2.21. The summed E-state index contributed by atoms with van der Waals surface area (Å²) in [7, 11) is 1.95. The van der Waals surface area contributed by atoms with E-state index in [1.54, 1.807) is 0 Å². The van der Waals surface area contributed by atoms with Gasteiger partial charge in [-0.05, 0) is 39.5 Å². The first kappa shape index (κ1) is 13.3. The van der Waals surface area contributed by atoms with Crippen LogP contribution in [0.3, 0.4) is 0 Å². The monoisotopic (exact) mass is 227 g/mol. The summed E-state index contributed by atoms with van der Waals surface area (Å²) in [6, 6.07) is 0. The van der Waals surface area contributed by atoms with Crippen molar-refractivity contribution in [3.05, 3.63) is 0 Å². The molecule has 0 heterocycles. The van der Waals surface area contributed by atoms with E-state index in [0.29, 0.717) is 5.96 Å². The predicted octanol–water partition coefficient (Wildman–Crippen LogP) is 1.46. The lowest BCUT2D eigenvalue weighted by atomic mass is 10.1. The maximum Gasteiger partial charge on any atom is 0.191 e. The van der Waals surface area contributed by atoms with E-state index in [9.17, 15) is 0 Å². The zero-order chi connectivity index (χ0) is 12.2. The average molecular weight is 227 g/mol. The molecular weight excluding hydrogens is 202 g/mol. The van der Waals surface area contributed by atoms with E-state index in [2.05, 4.69) is 4.99 Å². The molecule has 0 aromatic carbocycles. The molecule has 1 saturated carbocycles. The molecule has 0 bridgehead atoms. The summed E-state index contributed by atoms with van der Waals surface area (Å²) in [6.45, 7) is 8.56. The number of likely N-dealkylation sites (N-methyl/N-ethyl adjacent to an activating group) is 1. The van der Waals surface area contributed by atoms with E-state index < -0.39 is 0 Å². The van der Waals surface area contributed by atoms with Crippen molar-refractivity contribution in [2.45, 2.75) is 39.2 Å². The normalized spacial score (nSPS) is 17.6. The molecule has 0 aliphatic heterocycles. The standard InChI is InChI=1S/C12H25N3O/c1-12(2,3)14-11(13)15(4)7-8-16-9-10-5-6-10/h10H,5-9H2,1-4H3,(H2,13,14). The zero-order valence-electron chi connectivity index (χ0n) is 11.0. The van der Waals surface area contributed by atoms with Crippen LogP contribution in [-0.2, 0) is 4.74 Å². The van der Waals surface area contributed by atoms with Crippen LogP contribution in [0.15, 0.2) is 4.99 Å². The van der Waals surface area contributed by atoms with Gasteiger partial charge < -0.3 is 15.4 Å². The number of hydrogen-bond donors (Lipinski definition) is 1. The Labute approximate surface area is 98.9 Å². The molecular formula is C12H25N3O. The minimum absolute atomic E-state index is 0.118. The van der Waals surface area contributed by atoms with E-state index in [-0.39, 0.29) is 5.54 Å². The van der Waals surface area contributed by atoms with E-state index in [4.69, 9.17) is 10.5 Å². The Hall–Kier alpha value is -0.770. The molecule has 2 N–H and O–H groups in total. The van der Waals surface area contributed by atoms with E-state index >= 15 is 0 Å². The first-order chi connectivity index (χ1) is 7.38. The largest absolute Gasteiger partial charge is 0.379 e. The highest BCUT2D eigenvalue weighted by Gasteiger charge is 2.21. The zero-order valence-corrected chi connectivity index (χ0v) is 11.0. The first-order valence-corrected chi connectivity index (χ1v) is 6.03. The van der Waals surface area contributed by atoms with Crippen LogP contribution in [-0.4, -0.2) is 43.2 Å². The number of nitrogens with two attached hydrogens (primary N) is 1. The van der Waals surface area contributed by atoms with Gasteiger partial charge in [0, 0.05) is 20.2 Å². The maximum absolute atomic E-state index is 5.88. The quantitative estimate of drug-likeness (QED) is 0.439. The molecule has 1 aliphatic carbocycles. The van der Waals surface area contributed by atoms with E-state index in [0.717, 1.165) is 25.7 Å². The SMILES string of the molecule is CN(CCOCC1CC1)C(N)=NC(C)(C)C. The third kappa shape index (κ3) is 5.95. The van der Waals surface area contributed by atoms with Gasteiger partial charge in [0.1, 0.15) is 0 Å². The second-order valence-corrected chi connectivity index (χ2v) is 5.58. The van der Waals surface area contributed by atoms with Gasteiger partial charge in [-0.1, -0.05) is 0 Å². The molecule has 94 valence electrons. The van der Waals surface area contributed by atoms with Crippen molar-refractivity contribution in [3.63, 3.8) is 0 Å². The van der Waals surface area contributed by atoms with Gasteiger partial charge in [0.15, 0.2) is 5.96 Å². The maximum atomic E-state index is 5.88. The fourth-order valence-corrected chi connectivity index (χ4v) is 1.28. The Kier molecular flexibility index (Phi) is 4.59. The summed E-state index contributed by atoms with van der Waals surface area (Å²) in [5, 5.41) is 0. The van der Waals surface area contributed by atoms with Crippen molar-refractivity contribution in [2.75, 3.05) is 26.8 Å². The summed E-state index contributed by atoms with van der Waals surface area (Å²) in [4.78, 5) is 6.34. The van der Waals surface area contributed by atoms with Gasteiger partial charge in [-0.2, -0.15) is 0 Å². The number of rotatable bonds is 5. The molecule has 16 heavy (non-hydrogen) atoms. The molecule has 0 radical (unpaired) electrons. The van der Waals surface area contributed by atoms with Gasteiger partial charge in [-0.3, -0.25) is 0 Å². The minimum Gasteiger partial charge on any atom is -0.379 e. The lowest BCUT2D eigenvalue weighted by Crippen LogP contribution is -2.38. The second-order valence-electron chi connectivity index (χ2n) is 5.58. The Morgan fingerprint density at radius 2 is 2.06 bits per heavy atom. The number of aliphatic imine (C=N–C) groups is 1. The van der Waals surface area contributed by atoms with Crippen LogP contribution < -0.4 is 5.73 Å². The number of ether oxygens (including phenoxy) is 1. The minimum atomic E-state index is -0.118. The number of nitrogens with zero attached hydrogens (tertiary/aromatic N) is 2. The highest BCUT2D eigenvalue weighted by Crippen LogP contribution is 2.28. The summed E-state index contributed by atoms with van der Waals surface area (Å²) >= 11 is 0. The van der Waals surface area contributed by atoms with Crippen molar-refractivity contribution >= 4 is 5.96 Å². The van der Waals surface area contributed by atoms with Crippen LogP contribution >= 0.6 is 0 Å². The molecule has 4 nitrogen and oxygen atoms in total. The lowest BCUT2D eigenvalue weighted by molar-refractivity contribution is 0.115. The molecule has 1 aliphatic rings. The molecule has 1 fully saturated rings. The van der Waals surface area contributed by atoms with Crippen molar-refractivity contribution in [2.24, 2.45) is 16.6 Å². The van der Waals surface area contributed by atoms with E-state index in [1.807, 2.05) is 32.7 Å². The summed E-state index contributed by atoms with van der Waals surface area (Å²) < 4.78 is 5.56. The Morgan fingerprint density at radius 3 is 2.56 bits per heavy atom. The summed E-state index contributed by atoms with van der Waals surface area (Å²) in [5.74, 6) is 1.41. The van der Waals surface area contributed by atoms with Crippen molar-refractivity contribution < 1.29 is 4.74 Å². The summed E-state index contributed by atoms with van der Waals surface area (Å²) in [6.07, 6.45) is 2.67. The molecule has 0 spiro atoms. The van der Waals surface area contributed by atoms with Gasteiger partial charge in [0.2, 0.25) is 0 Å². The molecule has 0 saturated heterocycles. The highest BCUT2D eigenvalue weighted by molar-refractivity contribution is 5.78. The van der Waals surface area contributed by atoms with Gasteiger partial charge >= 0.3 is 0 Å².